The van der Waals surface area contributed by atoms with Crippen LogP contribution in [0.4, 0.5) is 5.95 Å². The zero-order valence-electron chi connectivity index (χ0n) is 20.0. The lowest BCUT2D eigenvalue weighted by molar-refractivity contribution is 0.0626. The van der Waals surface area contributed by atoms with E-state index in [1.807, 2.05) is 32.0 Å². The number of fused-ring (bicyclic) bond motifs is 6. The Kier molecular flexibility index (Phi) is 7.49. The Labute approximate surface area is 216 Å². The molecule has 0 aliphatic carbocycles. The Balaban J connectivity index is 0.00000304. The maximum Gasteiger partial charge on any atom is 0.264 e. The van der Waals surface area contributed by atoms with Gasteiger partial charge in [-0.15, -0.1) is 12.4 Å². The average Bonchev–Trinajstić information content (AvgIpc) is 2.79. The highest BCUT2D eigenvalue weighted by atomic mass is 35.5. The Hall–Kier alpha value is -3.21. The number of carbonyl (C=O) groups excluding carboxylic acids is 1. The van der Waals surface area contributed by atoms with Crippen molar-refractivity contribution in [3.63, 3.8) is 0 Å². The van der Waals surface area contributed by atoms with E-state index in [9.17, 15) is 13.2 Å². The van der Waals surface area contributed by atoms with Gasteiger partial charge in [-0.3, -0.25) is 4.79 Å². The Bertz CT molecular complexity index is 1380. The van der Waals surface area contributed by atoms with Crippen molar-refractivity contribution in [3.8, 4) is 17.1 Å². The summed E-state index contributed by atoms with van der Waals surface area (Å²) in [5.74, 6) is -0.0846. The minimum Gasteiger partial charge on any atom is -0.471 e. The summed E-state index contributed by atoms with van der Waals surface area (Å²) in [6, 6.07) is 13.7. The summed E-state index contributed by atoms with van der Waals surface area (Å²) in [7, 11) is -4.05. The molecule has 1 atom stereocenters. The lowest BCUT2D eigenvalue weighted by Gasteiger charge is -2.30. The minimum atomic E-state index is -4.05. The zero-order valence-corrected chi connectivity index (χ0v) is 21.7. The van der Waals surface area contributed by atoms with Gasteiger partial charge in [-0.05, 0) is 56.1 Å². The van der Waals surface area contributed by atoms with Gasteiger partial charge in [0.05, 0.1) is 17.1 Å². The maximum atomic E-state index is 13.3. The maximum absolute atomic E-state index is 13.3. The highest BCUT2D eigenvalue weighted by Crippen LogP contribution is 2.30. The molecule has 1 aromatic heterocycles. The zero-order chi connectivity index (χ0) is 24.6. The van der Waals surface area contributed by atoms with Crippen LogP contribution in [0.3, 0.4) is 0 Å². The third kappa shape index (κ3) is 5.30. The van der Waals surface area contributed by atoms with Crippen LogP contribution in [0.1, 0.15) is 27.9 Å². The van der Waals surface area contributed by atoms with Crippen molar-refractivity contribution in [3.05, 3.63) is 65.2 Å². The first-order chi connectivity index (χ1) is 16.8. The second-order valence-corrected chi connectivity index (χ2v) is 10.5. The van der Waals surface area contributed by atoms with E-state index in [0.29, 0.717) is 30.9 Å². The van der Waals surface area contributed by atoms with Crippen molar-refractivity contribution in [2.75, 3.05) is 30.9 Å². The fourth-order valence-corrected chi connectivity index (χ4v) is 5.52. The normalized spacial score (nSPS) is 19.1. The van der Waals surface area contributed by atoms with Gasteiger partial charge < -0.3 is 15.0 Å². The molecule has 9 nitrogen and oxygen atoms in total. The number of ether oxygens (including phenoxy) is 1. The molecule has 2 N–H and O–H groups in total. The van der Waals surface area contributed by atoms with Crippen molar-refractivity contribution in [1.29, 1.82) is 0 Å². The number of anilines is 1. The van der Waals surface area contributed by atoms with Gasteiger partial charge >= 0.3 is 0 Å². The average molecular weight is 530 g/mol. The molecule has 5 rings (SSSR count). The molecule has 190 valence electrons. The van der Waals surface area contributed by atoms with Crippen LogP contribution in [-0.4, -0.2) is 61.5 Å². The molecule has 0 saturated carbocycles. The van der Waals surface area contributed by atoms with Crippen LogP contribution in [0.5, 0.6) is 5.88 Å². The van der Waals surface area contributed by atoms with Crippen molar-refractivity contribution in [2.45, 2.75) is 31.3 Å². The summed E-state index contributed by atoms with van der Waals surface area (Å²) in [6.45, 7) is 6.09. The van der Waals surface area contributed by atoms with Gasteiger partial charge in [-0.1, -0.05) is 24.3 Å². The quantitative estimate of drug-likeness (QED) is 0.497. The minimum absolute atomic E-state index is 0. The molecule has 0 spiro atoms. The molecule has 3 heterocycles. The van der Waals surface area contributed by atoms with Crippen LogP contribution < -0.4 is 14.8 Å². The van der Waals surface area contributed by atoms with E-state index in [0.717, 1.165) is 29.7 Å². The first-order valence-corrected chi connectivity index (χ1v) is 13.0. The fourth-order valence-electron chi connectivity index (χ4n) is 4.53. The number of halogens is 1. The number of amides is 1. The molecule has 1 unspecified atom stereocenters. The molecule has 1 fully saturated rings. The van der Waals surface area contributed by atoms with E-state index in [1.54, 1.807) is 23.1 Å². The van der Waals surface area contributed by atoms with Gasteiger partial charge in [0, 0.05) is 30.3 Å². The van der Waals surface area contributed by atoms with Crippen molar-refractivity contribution >= 4 is 34.3 Å². The number of sulfonamides is 1. The van der Waals surface area contributed by atoms with Crippen LogP contribution in [0.2, 0.25) is 0 Å². The van der Waals surface area contributed by atoms with Crippen molar-refractivity contribution in [1.82, 2.24) is 20.2 Å². The molecule has 36 heavy (non-hydrogen) atoms. The first kappa shape index (κ1) is 25.9. The Morgan fingerprint density at radius 1 is 1.06 bits per heavy atom. The molecule has 0 radical (unpaired) electrons. The van der Waals surface area contributed by atoms with E-state index in [2.05, 4.69) is 20.0 Å². The molecule has 2 aliphatic rings. The molecule has 1 amide bonds. The molecule has 2 aromatic carbocycles. The summed E-state index contributed by atoms with van der Waals surface area (Å²) in [4.78, 5) is 23.9. The van der Waals surface area contributed by atoms with E-state index >= 15 is 0 Å². The van der Waals surface area contributed by atoms with E-state index in [1.165, 1.54) is 12.1 Å². The molecule has 1 saturated heterocycles. The lowest BCUT2D eigenvalue weighted by Crippen LogP contribution is -2.47. The third-order valence-electron chi connectivity index (χ3n) is 6.21. The number of nitrogens with zero attached hydrogens (tertiary/aromatic N) is 3. The smallest absolute Gasteiger partial charge is 0.264 e. The van der Waals surface area contributed by atoms with Gasteiger partial charge in [0.15, 0.2) is 0 Å². The van der Waals surface area contributed by atoms with Crippen LogP contribution in [0.25, 0.3) is 11.3 Å². The molecular weight excluding hydrogens is 502 g/mol. The predicted molar refractivity (Wildman–Crippen MR) is 139 cm³/mol. The fraction of sp³-hybridized carbons (Fsp3) is 0.320. The number of hydrogen-bond acceptors (Lipinski definition) is 7. The summed E-state index contributed by atoms with van der Waals surface area (Å²) in [5, 5.41) is 3.36. The van der Waals surface area contributed by atoms with Gasteiger partial charge in [0.1, 0.15) is 6.10 Å². The lowest BCUT2D eigenvalue weighted by atomic mass is 10.00. The monoisotopic (exact) mass is 529 g/mol. The molecule has 2 aliphatic heterocycles. The van der Waals surface area contributed by atoms with Crippen molar-refractivity contribution < 1.29 is 17.9 Å². The largest absolute Gasteiger partial charge is 0.471 e. The number of aromatic nitrogens is 2. The summed E-state index contributed by atoms with van der Waals surface area (Å²) in [6.07, 6.45) is 0.403. The highest BCUT2D eigenvalue weighted by Gasteiger charge is 2.27. The van der Waals surface area contributed by atoms with Gasteiger partial charge in [0.25, 0.3) is 15.9 Å². The van der Waals surface area contributed by atoms with Crippen LogP contribution in [0.15, 0.2) is 53.4 Å². The molecular formula is C25H28ClN5O4S. The topological polar surface area (TPSA) is 114 Å². The van der Waals surface area contributed by atoms with Gasteiger partial charge in [-0.2, -0.15) is 4.98 Å². The van der Waals surface area contributed by atoms with E-state index in [-0.39, 0.29) is 41.1 Å². The number of rotatable bonds is 1. The van der Waals surface area contributed by atoms with Crippen LogP contribution in [0, 0.1) is 13.8 Å². The van der Waals surface area contributed by atoms with E-state index < -0.39 is 10.0 Å². The van der Waals surface area contributed by atoms with Crippen LogP contribution >= 0.6 is 12.4 Å². The summed E-state index contributed by atoms with van der Waals surface area (Å²) in [5.41, 5.74) is 3.75. The SMILES string of the molecule is Cc1cccc(C)c1-c1cc2nc(n1)NS(=O)(=O)c1cccc(c1)C(=O)N1CCCNCC(C1)O2.Cl. The number of aryl methyl sites for hydroxylation is 2. The van der Waals surface area contributed by atoms with Gasteiger partial charge in [0.2, 0.25) is 11.8 Å². The first-order valence-electron chi connectivity index (χ1n) is 11.6. The predicted octanol–water partition coefficient (Wildman–Crippen LogP) is 3.18. The molecule has 3 aromatic rings. The Morgan fingerprint density at radius 3 is 2.58 bits per heavy atom. The highest BCUT2D eigenvalue weighted by molar-refractivity contribution is 7.92. The second kappa shape index (κ2) is 10.4. The second-order valence-electron chi connectivity index (χ2n) is 8.86. The van der Waals surface area contributed by atoms with Crippen molar-refractivity contribution in [2.24, 2.45) is 0 Å². The summed E-state index contributed by atoms with van der Waals surface area (Å²) >= 11 is 0. The number of hydrogen-bond donors (Lipinski definition) is 2. The Morgan fingerprint density at radius 2 is 1.81 bits per heavy atom. The third-order valence-corrected chi connectivity index (χ3v) is 7.53. The van der Waals surface area contributed by atoms with E-state index in [4.69, 9.17) is 4.74 Å². The number of carbonyl (C=O) groups is 1. The van der Waals surface area contributed by atoms with Gasteiger partial charge in [-0.25, -0.2) is 18.1 Å². The standard InChI is InChI=1S/C25H27N5O4S.ClH/c1-16-6-3-7-17(2)23(16)21-13-22-28-25(27-21)29-35(32,33)20-9-4-8-18(12-20)24(31)30-11-5-10-26-14-19(15-30)34-22;/h3-4,6-9,12-13,19,26H,5,10-11,14-15H2,1-2H3,(H,27,28,29);1H. The van der Waals surface area contributed by atoms with Crippen LogP contribution in [-0.2, 0) is 10.0 Å². The molecule has 11 heteroatoms. The number of nitrogens with one attached hydrogen (secondary N) is 2. The molecule has 6 bridgehead atoms. The summed E-state index contributed by atoms with van der Waals surface area (Å²) < 4.78 is 35.2. The number of benzene rings is 2.